The summed E-state index contributed by atoms with van der Waals surface area (Å²) in [4.78, 5) is 0. The highest BCUT2D eigenvalue weighted by Crippen LogP contribution is 2.04. The Morgan fingerprint density at radius 2 is 2.29 bits per heavy atom. The Labute approximate surface area is 86.3 Å². The number of allylic oxidation sites excluding steroid dienone is 2. The van der Waals surface area contributed by atoms with Gasteiger partial charge in [-0.15, -0.1) is 5.73 Å². The maximum Gasteiger partial charge on any atom is -0.00211 e. The topological polar surface area (TPSA) is 0 Å². The van der Waals surface area contributed by atoms with E-state index in [4.69, 9.17) is 0 Å². The molecule has 0 nitrogen and oxygen atoms in total. The van der Waals surface area contributed by atoms with Gasteiger partial charge in [-0.05, 0) is 38.0 Å². The van der Waals surface area contributed by atoms with Gasteiger partial charge in [-0.2, -0.15) is 0 Å². The van der Waals surface area contributed by atoms with Crippen molar-refractivity contribution in [2.75, 3.05) is 0 Å². The van der Waals surface area contributed by atoms with Crippen molar-refractivity contribution < 1.29 is 0 Å². The average Bonchev–Trinajstić information content (AvgIpc) is 2.12. The Hall–Kier alpha value is -1.52. The lowest BCUT2D eigenvalue weighted by Crippen LogP contribution is -1.80. The van der Waals surface area contributed by atoms with E-state index in [-0.39, 0.29) is 0 Å². The molecule has 0 heteroatoms. The van der Waals surface area contributed by atoms with Crippen LogP contribution in [-0.4, -0.2) is 0 Å². The van der Waals surface area contributed by atoms with Crippen LogP contribution in [0, 0.1) is 6.92 Å². The molecule has 0 aliphatic heterocycles. The van der Waals surface area contributed by atoms with Crippen molar-refractivity contribution >= 4 is 0 Å². The summed E-state index contributed by atoms with van der Waals surface area (Å²) in [6.07, 6.45) is 4.87. The Kier molecular flexibility index (Phi) is 3.97. The van der Waals surface area contributed by atoms with Gasteiger partial charge in [-0.25, -0.2) is 0 Å². The first-order chi connectivity index (χ1) is 6.68. The fourth-order valence-electron chi connectivity index (χ4n) is 1.22. The number of hydrogen-bond acceptors (Lipinski definition) is 0. The van der Waals surface area contributed by atoms with E-state index < -0.39 is 0 Å². The molecule has 0 atom stereocenters. The first-order valence-corrected chi connectivity index (χ1v) is 4.80. The zero-order chi connectivity index (χ0) is 10.4. The lowest BCUT2D eigenvalue weighted by molar-refractivity contribution is 1.25. The van der Waals surface area contributed by atoms with Crippen molar-refractivity contribution in [2.45, 2.75) is 20.3 Å². The molecule has 1 rings (SSSR count). The lowest BCUT2D eigenvalue weighted by atomic mass is 10.1. The summed E-state index contributed by atoms with van der Waals surface area (Å²) < 4.78 is 0. The van der Waals surface area contributed by atoms with Gasteiger partial charge in [0.05, 0.1) is 0 Å². The van der Waals surface area contributed by atoms with Crippen molar-refractivity contribution in [1.29, 1.82) is 0 Å². The minimum Gasteiger partial charge on any atom is -0.125 e. The van der Waals surface area contributed by atoms with Crippen molar-refractivity contribution in [2.24, 2.45) is 0 Å². The second kappa shape index (κ2) is 5.26. The van der Waals surface area contributed by atoms with Crippen LogP contribution in [-0.2, 0) is 6.42 Å². The van der Waals surface area contributed by atoms with Crippen LogP contribution in [0.25, 0.3) is 0 Å². The first-order valence-electron chi connectivity index (χ1n) is 4.80. The van der Waals surface area contributed by atoms with Gasteiger partial charge < -0.3 is 0 Å². The lowest BCUT2D eigenvalue weighted by Gasteiger charge is -1.96. The van der Waals surface area contributed by atoms with Gasteiger partial charge in [0.2, 0.25) is 0 Å². The van der Waals surface area contributed by atoms with E-state index in [0.29, 0.717) is 0 Å². The van der Waals surface area contributed by atoms with Crippen molar-refractivity contribution in [3.8, 4) is 0 Å². The third-order valence-corrected chi connectivity index (χ3v) is 1.87. The normalized spacial score (nSPS) is 9.00. The molecule has 72 valence electrons. The fraction of sp³-hybridized carbons (Fsp3) is 0.214. The fourth-order valence-corrected chi connectivity index (χ4v) is 1.22. The molecule has 0 bridgehead atoms. The summed E-state index contributed by atoms with van der Waals surface area (Å²) in [6.45, 7) is 7.85. The minimum atomic E-state index is 0.936. The predicted octanol–water partition coefficient (Wildman–Crippen LogP) is 3.82. The molecular formula is C14H16. The standard InChI is InChI=1S/C14H16/c1-12(2)7-4-5-9-14-10-6-8-13(3)11-14/h5-8,10-11H,1,9H2,2-3H3. The van der Waals surface area contributed by atoms with E-state index >= 15 is 0 Å². The maximum absolute atomic E-state index is 3.78. The third kappa shape index (κ3) is 3.93. The SMILES string of the molecule is C=C(C)C=C=CCc1cccc(C)c1. The number of aryl methyl sites for hydroxylation is 1. The molecule has 0 spiro atoms. The Balaban J connectivity index is 2.62. The Morgan fingerprint density at radius 1 is 1.50 bits per heavy atom. The van der Waals surface area contributed by atoms with Crippen LogP contribution in [0.15, 0.2) is 54.3 Å². The van der Waals surface area contributed by atoms with Crippen LogP contribution in [0.3, 0.4) is 0 Å². The average molecular weight is 184 g/mol. The molecule has 0 aliphatic rings. The molecule has 14 heavy (non-hydrogen) atoms. The van der Waals surface area contributed by atoms with E-state index in [0.717, 1.165) is 12.0 Å². The summed E-state index contributed by atoms with van der Waals surface area (Å²) in [7, 11) is 0. The Bertz CT molecular complexity index is 377. The predicted molar refractivity (Wildman–Crippen MR) is 62.4 cm³/mol. The van der Waals surface area contributed by atoms with E-state index in [9.17, 15) is 0 Å². The zero-order valence-corrected chi connectivity index (χ0v) is 8.88. The van der Waals surface area contributed by atoms with Gasteiger partial charge >= 0.3 is 0 Å². The van der Waals surface area contributed by atoms with Gasteiger partial charge in [0.25, 0.3) is 0 Å². The van der Waals surface area contributed by atoms with Crippen LogP contribution >= 0.6 is 0 Å². The van der Waals surface area contributed by atoms with Crippen molar-refractivity contribution in [3.63, 3.8) is 0 Å². The molecule has 0 radical (unpaired) electrons. The van der Waals surface area contributed by atoms with Crippen molar-refractivity contribution in [1.82, 2.24) is 0 Å². The molecular weight excluding hydrogens is 168 g/mol. The van der Waals surface area contributed by atoms with Gasteiger partial charge in [0.15, 0.2) is 0 Å². The third-order valence-electron chi connectivity index (χ3n) is 1.87. The largest absolute Gasteiger partial charge is 0.125 e. The van der Waals surface area contributed by atoms with Gasteiger partial charge in [-0.3, -0.25) is 0 Å². The minimum absolute atomic E-state index is 0.936. The second-order valence-electron chi connectivity index (χ2n) is 3.55. The monoisotopic (exact) mass is 184 g/mol. The number of benzene rings is 1. The van der Waals surface area contributed by atoms with Crippen LogP contribution < -0.4 is 0 Å². The molecule has 0 fully saturated rings. The molecule has 1 aromatic carbocycles. The quantitative estimate of drug-likeness (QED) is 0.495. The van der Waals surface area contributed by atoms with Gasteiger partial charge in [0, 0.05) is 0 Å². The summed E-state index contributed by atoms with van der Waals surface area (Å²) in [5, 5.41) is 0. The Morgan fingerprint density at radius 3 is 2.93 bits per heavy atom. The van der Waals surface area contributed by atoms with Crippen LogP contribution in [0.2, 0.25) is 0 Å². The summed E-state index contributed by atoms with van der Waals surface area (Å²) in [6, 6.07) is 8.52. The molecule has 0 amide bonds. The number of hydrogen-bond donors (Lipinski definition) is 0. The molecule has 0 heterocycles. The van der Waals surface area contributed by atoms with E-state index in [1.54, 1.807) is 0 Å². The molecule has 0 aliphatic carbocycles. The molecule has 0 unspecified atom stereocenters. The van der Waals surface area contributed by atoms with Crippen molar-refractivity contribution in [3.05, 3.63) is 65.4 Å². The molecule has 0 saturated carbocycles. The highest BCUT2D eigenvalue weighted by atomic mass is 13.9. The second-order valence-corrected chi connectivity index (χ2v) is 3.55. The first kappa shape index (κ1) is 10.6. The van der Waals surface area contributed by atoms with Crippen LogP contribution in [0.1, 0.15) is 18.1 Å². The molecule has 0 aromatic heterocycles. The number of rotatable bonds is 3. The highest BCUT2D eigenvalue weighted by Gasteiger charge is 1.88. The summed E-state index contributed by atoms with van der Waals surface area (Å²) in [5.41, 5.74) is 6.77. The van der Waals surface area contributed by atoms with Gasteiger partial charge in [-0.1, -0.05) is 42.0 Å². The van der Waals surface area contributed by atoms with Gasteiger partial charge in [0.1, 0.15) is 0 Å². The summed E-state index contributed by atoms with van der Waals surface area (Å²) >= 11 is 0. The molecule has 0 N–H and O–H groups in total. The molecule has 0 saturated heterocycles. The van der Waals surface area contributed by atoms with E-state index in [1.807, 2.05) is 19.1 Å². The van der Waals surface area contributed by atoms with Crippen LogP contribution in [0.4, 0.5) is 0 Å². The smallest absolute Gasteiger partial charge is 0.00211 e. The van der Waals surface area contributed by atoms with E-state index in [1.165, 1.54) is 11.1 Å². The highest BCUT2D eigenvalue weighted by molar-refractivity contribution is 5.24. The van der Waals surface area contributed by atoms with E-state index in [2.05, 4.69) is 43.5 Å². The van der Waals surface area contributed by atoms with Crippen LogP contribution in [0.5, 0.6) is 0 Å². The molecule has 1 aromatic rings. The maximum atomic E-state index is 3.78. The zero-order valence-electron chi connectivity index (χ0n) is 8.88. The summed E-state index contributed by atoms with van der Waals surface area (Å²) in [5.74, 6) is 0.